The summed E-state index contributed by atoms with van der Waals surface area (Å²) in [5, 5.41) is 10.5. The summed E-state index contributed by atoms with van der Waals surface area (Å²) in [6.45, 7) is 3.11. The Morgan fingerprint density at radius 3 is 2.95 bits per heavy atom. The Bertz CT molecular complexity index is 559. The summed E-state index contributed by atoms with van der Waals surface area (Å²) >= 11 is 3.36. The zero-order valence-electron chi connectivity index (χ0n) is 11.4. The number of hydrogen-bond acceptors (Lipinski definition) is 5. The van der Waals surface area contributed by atoms with Crippen molar-refractivity contribution in [3.05, 3.63) is 17.0 Å². The van der Waals surface area contributed by atoms with Gasteiger partial charge in [-0.15, -0.1) is 5.10 Å². The number of rotatable bonds is 4. The Kier molecular flexibility index (Phi) is 4.07. The molecule has 108 valence electrons. The number of nitrogens with zero attached hydrogens (tertiary/aromatic N) is 3. The van der Waals surface area contributed by atoms with E-state index in [-0.39, 0.29) is 0 Å². The fourth-order valence-electron chi connectivity index (χ4n) is 2.60. The van der Waals surface area contributed by atoms with Crippen LogP contribution in [0.2, 0.25) is 0 Å². The minimum absolute atomic E-state index is 0.674. The largest absolute Gasteiger partial charge is 0.457 e. The summed E-state index contributed by atoms with van der Waals surface area (Å²) in [6, 6.07) is 1.87. The molecule has 0 atom stereocenters. The van der Waals surface area contributed by atoms with Crippen molar-refractivity contribution in [1.29, 1.82) is 0 Å². The average Bonchev–Trinajstić information content (AvgIpc) is 3.08. The maximum Gasteiger partial charge on any atom is 0.245 e. The first kappa shape index (κ1) is 13.6. The van der Waals surface area contributed by atoms with E-state index in [1.807, 2.05) is 13.1 Å². The van der Waals surface area contributed by atoms with Crippen LogP contribution in [-0.2, 0) is 0 Å². The van der Waals surface area contributed by atoms with E-state index in [0.29, 0.717) is 4.67 Å². The van der Waals surface area contributed by atoms with Crippen molar-refractivity contribution in [1.82, 2.24) is 20.5 Å². The molecular weight excluding hydrogens is 322 g/mol. The maximum atomic E-state index is 5.22. The highest BCUT2D eigenvalue weighted by molar-refractivity contribution is 9.10. The molecule has 0 aromatic carbocycles. The molecule has 1 fully saturated rings. The standard InChI is InChI=1S/C13H18BrN5O/c1-15-8-9-2-5-19(6-3-9)13-16-12(17-18-13)10-4-7-20-11(10)14/h4,7,9,15H,2-3,5-6,8H2,1H3,(H,16,17,18). The van der Waals surface area contributed by atoms with E-state index >= 15 is 0 Å². The number of aromatic nitrogens is 3. The second-order valence-corrected chi connectivity index (χ2v) is 5.80. The van der Waals surface area contributed by atoms with E-state index in [2.05, 4.69) is 41.3 Å². The predicted octanol–water partition coefficient (Wildman–Crippen LogP) is 2.26. The minimum atomic E-state index is 0.674. The van der Waals surface area contributed by atoms with E-state index in [9.17, 15) is 0 Å². The molecule has 1 saturated heterocycles. The molecule has 2 aromatic rings. The van der Waals surface area contributed by atoms with Gasteiger partial charge in [-0.3, -0.25) is 5.10 Å². The number of piperidine rings is 1. The van der Waals surface area contributed by atoms with Gasteiger partial charge in [0, 0.05) is 13.1 Å². The molecule has 0 amide bonds. The molecule has 2 N–H and O–H groups in total. The van der Waals surface area contributed by atoms with Crippen molar-refractivity contribution >= 4 is 21.9 Å². The number of hydrogen-bond donors (Lipinski definition) is 2. The van der Waals surface area contributed by atoms with Crippen molar-refractivity contribution in [2.24, 2.45) is 5.92 Å². The van der Waals surface area contributed by atoms with Gasteiger partial charge in [0.2, 0.25) is 5.95 Å². The van der Waals surface area contributed by atoms with Crippen molar-refractivity contribution in [3.8, 4) is 11.4 Å². The second-order valence-electron chi connectivity index (χ2n) is 5.08. The van der Waals surface area contributed by atoms with Crippen LogP contribution < -0.4 is 10.2 Å². The molecule has 20 heavy (non-hydrogen) atoms. The molecule has 0 bridgehead atoms. The van der Waals surface area contributed by atoms with Gasteiger partial charge in [-0.05, 0) is 54.3 Å². The van der Waals surface area contributed by atoms with E-state index < -0.39 is 0 Å². The third-order valence-electron chi connectivity index (χ3n) is 3.74. The quantitative estimate of drug-likeness (QED) is 0.894. The van der Waals surface area contributed by atoms with Gasteiger partial charge in [0.15, 0.2) is 10.5 Å². The van der Waals surface area contributed by atoms with Gasteiger partial charge < -0.3 is 14.6 Å². The Morgan fingerprint density at radius 1 is 1.50 bits per heavy atom. The number of H-pyrrole nitrogens is 1. The number of anilines is 1. The van der Waals surface area contributed by atoms with Crippen LogP contribution in [0.5, 0.6) is 0 Å². The Labute approximate surface area is 126 Å². The molecule has 0 unspecified atom stereocenters. The Hall–Kier alpha value is -1.34. The van der Waals surface area contributed by atoms with Crippen LogP contribution >= 0.6 is 15.9 Å². The zero-order valence-corrected chi connectivity index (χ0v) is 13.0. The monoisotopic (exact) mass is 339 g/mol. The summed E-state index contributed by atoms with van der Waals surface area (Å²) in [7, 11) is 2.01. The molecule has 2 aromatic heterocycles. The van der Waals surface area contributed by atoms with Gasteiger partial charge in [-0.1, -0.05) is 0 Å². The molecule has 6 nitrogen and oxygen atoms in total. The third-order valence-corrected chi connectivity index (χ3v) is 4.35. The highest BCUT2D eigenvalue weighted by atomic mass is 79.9. The lowest BCUT2D eigenvalue weighted by atomic mass is 9.97. The molecule has 0 saturated carbocycles. The summed E-state index contributed by atoms with van der Waals surface area (Å²) in [5.74, 6) is 2.27. The molecule has 3 rings (SSSR count). The molecule has 3 heterocycles. The minimum Gasteiger partial charge on any atom is -0.457 e. The maximum absolute atomic E-state index is 5.22. The second kappa shape index (κ2) is 5.97. The van der Waals surface area contributed by atoms with E-state index in [1.54, 1.807) is 6.26 Å². The van der Waals surface area contributed by atoms with Gasteiger partial charge in [-0.25, -0.2) is 0 Å². The predicted molar refractivity (Wildman–Crippen MR) is 80.6 cm³/mol. The Balaban J connectivity index is 1.68. The lowest BCUT2D eigenvalue weighted by molar-refractivity contribution is 0.391. The van der Waals surface area contributed by atoms with Gasteiger partial charge in [0.25, 0.3) is 0 Å². The molecule has 1 aliphatic heterocycles. The van der Waals surface area contributed by atoms with Crippen LogP contribution in [0.3, 0.4) is 0 Å². The molecular formula is C13H18BrN5O. The lowest BCUT2D eigenvalue weighted by Crippen LogP contribution is -2.37. The number of halogens is 1. The summed E-state index contributed by atoms with van der Waals surface area (Å²) in [5.41, 5.74) is 0.897. The number of nitrogens with one attached hydrogen (secondary N) is 2. The SMILES string of the molecule is CNCC1CCN(c2n[nH]c(-c3ccoc3Br)n2)CC1. The summed E-state index contributed by atoms with van der Waals surface area (Å²) < 4.78 is 5.90. The molecule has 0 aliphatic carbocycles. The van der Waals surface area contributed by atoms with Gasteiger partial charge >= 0.3 is 0 Å². The van der Waals surface area contributed by atoms with E-state index in [1.165, 1.54) is 12.8 Å². The molecule has 0 spiro atoms. The van der Waals surface area contributed by atoms with Crippen LogP contribution in [0.15, 0.2) is 21.4 Å². The van der Waals surface area contributed by atoms with Crippen molar-refractivity contribution in [2.75, 3.05) is 31.6 Å². The normalized spacial score (nSPS) is 16.8. The fourth-order valence-corrected chi connectivity index (χ4v) is 3.03. The van der Waals surface area contributed by atoms with Crippen LogP contribution in [0.25, 0.3) is 11.4 Å². The summed E-state index contributed by atoms with van der Waals surface area (Å²) in [6.07, 6.45) is 3.99. The summed E-state index contributed by atoms with van der Waals surface area (Å²) in [4.78, 5) is 6.80. The molecule has 0 radical (unpaired) electrons. The van der Waals surface area contributed by atoms with E-state index in [0.717, 1.165) is 42.9 Å². The number of aromatic amines is 1. The van der Waals surface area contributed by atoms with Crippen LogP contribution in [0.4, 0.5) is 5.95 Å². The van der Waals surface area contributed by atoms with Crippen LogP contribution in [0, 0.1) is 5.92 Å². The van der Waals surface area contributed by atoms with Gasteiger partial charge in [0.05, 0.1) is 11.8 Å². The Morgan fingerprint density at radius 2 is 2.30 bits per heavy atom. The lowest BCUT2D eigenvalue weighted by Gasteiger charge is -2.30. The first-order chi connectivity index (χ1) is 9.78. The van der Waals surface area contributed by atoms with Gasteiger partial charge in [-0.2, -0.15) is 4.98 Å². The fraction of sp³-hybridized carbons (Fsp3) is 0.538. The van der Waals surface area contributed by atoms with Crippen LogP contribution in [0.1, 0.15) is 12.8 Å². The number of furan rings is 1. The molecule has 1 aliphatic rings. The van der Waals surface area contributed by atoms with E-state index in [4.69, 9.17) is 4.42 Å². The third kappa shape index (κ3) is 2.73. The smallest absolute Gasteiger partial charge is 0.245 e. The van der Waals surface area contributed by atoms with Crippen molar-refractivity contribution < 1.29 is 4.42 Å². The first-order valence-electron chi connectivity index (χ1n) is 6.83. The molecule has 7 heteroatoms. The topological polar surface area (TPSA) is 70.0 Å². The zero-order chi connectivity index (χ0) is 13.9. The van der Waals surface area contributed by atoms with Crippen molar-refractivity contribution in [2.45, 2.75) is 12.8 Å². The van der Waals surface area contributed by atoms with Crippen molar-refractivity contribution in [3.63, 3.8) is 0 Å². The highest BCUT2D eigenvalue weighted by Gasteiger charge is 2.22. The van der Waals surface area contributed by atoms with Crippen LogP contribution in [-0.4, -0.2) is 41.9 Å². The highest BCUT2D eigenvalue weighted by Crippen LogP contribution is 2.28. The van der Waals surface area contributed by atoms with Gasteiger partial charge in [0.1, 0.15) is 0 Å². The average molecular weight is 340 g/mol. The first-order valence-corrected chi connectivity index (χ1v) is 7.62.